The average molecular weight is 165 g/mol. The summed E-state index contributed by atoms with van der Waals surface area (Å²) in [5, 5.41) is 0.783. The first kappa shape index (κ1) is 7.16. The maximum Gasteiger partial charge on any atom is 0.147 e. The van der Waals surface area contributed by atoms with Crippen molar-refractivity contribution < 1.29 is 8.81 Å². The highest BCUT2D eigenvalue weighted by Gasteiger charge is 2.04. The summed E-state index contributed by atoms with van der Waals surface area (Å²) in [5.41, 5.74) is 6.90. The normalized spacial score (nSPS) is 10.8. The molecule has 0 aliphatic carbocycles. The molecule has 0 saturated carbocycles. The van der Waals surface area contributed by atoms with Gasteiger partial charge in [-0.05, 0) is 18.2 Å². The maximum absolute atomic E-state index is 12.2. The van der Waals surface area contributed by atoms with E-state index >= 15 is 0 Å². The van der Waals surface area contributed by atoms with E-state index in [0.717, 1.165) is 5.39 Å². The van der Waals surface area contributed by atoms with E-state index in [9.17, 15) is 4.39 Å². The zero-order valence-corrected chi connectivity index (χ0v) is 6.38. The third kappa shape index (κ3) is 0.942. The molecule has 2 N–H and O–H groups in total. The number of nitrogens with two attached hydrogens (primary N) is 1. The van der Waals surface area contributed by atoms with Gasteiger partial charge < -0.3 is 10.2 Å². The molecule has 0 spiro atoms. The first-order chi connectivity index (χ1) is 5.81. The number of benzene rings is 1. The predicted molar refractivity (Wildman–Crippen MR) is 45.4 cm³/mol. The molecule has 2 nitrogen and oxygen atoms in total. The number of halogens is 1. The van der Waals surface area contributed by atoms with Crippen LogP contribution in [0, 0.1) is 0 Å². The van der Waals surface area contributed by atoms with Crippen LogP contribution in [0.25, 0.3) is 11.0 Å². The first-order valence-electron chi connectivity index (χ1n) is 3.64. The number of nitrogen functional groups attached to an aromatic ring is 1. The minimum atomic E-state index is -0.589. The zero-order chi connectivity index (χ0) is 8.55. The Kier molecular flexibility index (Phi) is 1.50. The van der Waals surface area contributed by atoms with Gasteiger partial charge in [0.05, 0.1) is 0 Å². The standard InChI is InChI=1S/C9H8FNO/c10-5-6-4-7-8(11)2-1-3-9(7)12-6/h1-4H,5,11H2. The molecular weight excluding hydrogens is 157 g/mol. The van der Waals surface area contributed by atoms with E-state index in [4.69, 9.17) is 10.2 Å². The topological polar surface area (TPSA) is 39.2 Å². The van der Waals surface area contributed by atoms with Gasteiger partial charge >= 0.3 is 0 Å². The van der Waals surface area contributed by atoms with Crippen molar-refractivity contribution in [3.63, 3.8) is 0 Å². The van der Waals surface area contributed by atoms with Gasteiger partial charge in [-0.3, -0.25) is 0 Å². The van der Waals surface area contributed by atoms with Gasteiger partial charge in [-0.25, -0.2) is 4.39 Å². The molecule has 62 valence electrons. The molecule has 2 aromatic rings. The maximum atomic E-state index is 12.2. The molecule has 0 unspecified atom stereocenters. The van der Waals surface area contributed by atoms with Crippen LogP contribution < -0.4 is 5.73 Å². The first-order valence-corrected chi connectivity index (χ1v) is 3.64. The third-order valence-electron chi connectivity index (χ3n) is 1.78. The van der Waals surface area contributed by atoms with Crippen molar-refractivity contribution in [1.82, 2.24) is 0 Å². The highest BCUT2D eigenvalue weighted by molar-refractivity contribution is 5.89. The molecule has 1 aromatic carbocycles. The molecule has 1 aromatic heterocycles. The Balaban J connectivity index is 2.74. The van der Waals surface area contributed by atoms with Crippen LogP contribution in [0.2, 0.25) is 0 Å². The smallest absolute Gasteiger partial charge is 0.147 e. The van der Waals surface area contributed by atoms with Crippen LogP contribution >= 0.6 is 0 Å². The summed E-state index contributed by atoms with van der Waals surface area (Å²) in [5.74, 6) is 0.322. The lowest BCUT2D eigenvalue weighted by Gasteiger charge is -1.90. The van der Waals surface area contributed by atoms with Crippen LogP contribution in [0.4, 0.5) is 10.1 Å². The summed E-state index contributed by atoms with van der Waals surface area (Å²) in [6, 6.07) is 6.94. The Morgan fingerprint density at radius 2 is 2.25 bits per heavy atom. The quantitative estimate of drug-likeness (QED) is 0.659. The fourth-order valence-electron chi connectivity index (χ4n) is 1.20. The van der Waals surface area contributed by atoms with Crippen molar-refractivity contribution in [3.05, 3.63) is 30.0 Å². The molecule has 0 aliphatic rings. The average Bonchev–Trinajstić information content (AvgIpc) is 2.49. The van der Waals surface area contributed by atoms with Gasteiger partial charge in [0.15, 0.2) is 0 Å². The van der Waals surface area contributed by atoms with E-state index in [1.165, 1.54) is 0 Å². The highest BCUT2D eigenvalue weighted by atomic mass is 19.1. The molecule has 0 aliphatic heterocycles. The lowest BCUT2D eigenvalue weighted by Crippen LogP contribution is -1.82. The summed E-state index contributed by atoms with van der Waals surface area (Å²) >= 11 is 0. The number of alkyl halides is 1. The molecule has 0 amide bonds. The lowest BCUT2D eigenvalue weighted by molar-refractivity contribution is 0.407. The van der Waals surface area contributed by atoms with E-state index in [-0.39, 0.29) is 0 Å². The van der Waals surface area contributed by atoms with Gasteiger partial charge in [0.2, 0.25) is 0 Å². The largest absolute Gasteiger partial charge is 0.458 e. The van der Waals surface area contributed by atoms with Crippen molar-refractivity contribution in [2.45, 2.75) is 6.67 Å². The predicted octanol–water partition coefficient (Wildman–Crippen LogP) is 2.48. The fraction of sp³-hybridized carbons (Fsp3) is 0.111. The second-order valence-corrected chi connectivity index (χ2v) is 2.61. The van der Waals surface area contributed by atoms with Crippen molar-refractivity contribution in [3.8, 4) is 0 Å². The zero-order valence-electron chi connectivity index (χ0n) is 6.38. The van der Waals surface area contributed by atoms with Crippen molar-refractivity contribution in [1.29, 1.82) is 0 Å². The van der Waals surface area contributed by atoms with E-state index in [2.05, 4.69) is 0 Å². The van der Waals surface area contributed by atoms with Gasteiger partial charge in [0.25, 0.3) is 0 Å². The van der Waals surface area contributed by atoms with Crippen LogP contribution in [-0.2, 0) is 6.67 Å². The fourth-order valence-corrected chi connectivity index (χ4v) is 1.20. The summed E-state index contributed by atoms with van der Waals surface area (Å²) in [4.78, 5) is 0. The number of hydrogen-bond donors (Lipinski definition) is 1. The van der Waals surface area contributed by atoms with Crippen molar-refractivity contribution >= 4 is 16.7 Å². The lowest BCUT2D eigenvalue weighted by atomic mass is 10.2. The monoisotopic (exact) mass is 165 g/mol. The number of fused-ring (bicyclic) bond motifs is 1. The molecular formula is C9H8FNO. The molecule has 12 heavy (non-hydrogen) atoms. The summed E-state index contributed by atoms with van der Waals surface area (Å²) in [6.45, 7) is -0.589. The van der Waals surface area contributed by atoms with Gasteiger partial charge in [-0.15, -0.1) is 0 Å². The second-order valence-electron chi connectivity index (χ2n) is 2.61. The van der Waals surface area contributed by atoms with E-state index in [1.54, 1.807) is 24.3 Å². The molecule has 0 bridgehead atoms. The Morgan fingerprint density at radius 3 is 2.92 bits per heavy atom. The number of hydrogen-bond acceptors (Lipinski definition) is 2. The molecule has 3 heteroatoms. The molecule has 0 radical (unpaired) electrons. The third-order valence-corrected chi connectivity index (χ3v) is 1.78. The number of rotatable bonds is 1. The number of furan rings is 1. The highest BCUT2D eigenvalue weighted by Crippen LogP contribution is 2.24. The van der Waals surface area contributed by atoms with Gasteiger partial charge in [-0.1, -0.05) is 6.07 Å². The molecule has 0 fully saturated rings. The van der Waals surface area contributed by atoms with E-state index < -0.39 is 6.67 Å². The Morgan fingerprint density at radius 1 is 1.42 bits per heavy atom. The Bertz CT molecular complexity index is 408. The van der Waals surface area contributed by atoms with Crippen LogP contribution in [0.5, 0.6) is 0 Å². The van der Waals surface area contributed by atoms with Gasteiger partial charge in [0.1, 0.15) is 18.0 Å². The summed E-state index contributed by atoms with van der Waals surface area (Å²) < 4.78 is 17.3. The van der Waals surface area contributed by atoms with Crippen LogP contribution in [-0.4, -0.2) is 0 Å². The molecule has 0 saturated heterocycles. The van der Waals surface area contributed by atoms with E-state index in [1.807, 2.05) is 0 Å². The van der Waals surface area contributed by atoms with Crippen LogP contribution in [0.3, 0.4) is 0 Å². The van der Waals surface area contributed by atoms with Crippen molar-refractivity contribution in [2.24, 2.45) is 0 Å². The van der Waals surface area contributed by atoms with Gasteiger partial charge in [-0.2, -0.15) is 0 Å². The van der Waals surface area contributed by atoms with Gasteiger partial charge in [0, 0.05) is 11.1 Å². The minimum Gasteiger partial charge on any atom is -0.458 e. The summed E-state index contributed by atoms with van der Waals surface area (Å²) in [6.07, 6.45) is 0. The molecule has 1 heterocycles. The Hall–Kier alpha value is -1.51. The molecule has 2 rings (SSSR count). The Labute approximate surface area is 68.8 Å². The van der Waals surface area contributed by atoms with E-state index in [0.29, 0.717) is 17.0 Å². The molecule has 0 atom stereocenters. The minimum absolute atomic E-state index is 0.322. The SMILES string of the molecule is Nc1cccc2oc(CF)cc12. The van der Waals surface area contributed by atoms with Crippen molar-refractivity contribution in [2.75, 3.05) is 5.73 Å². The van der Waals surface area contributed by atoms with Crippen LogP contribution in [0.15, 0.2) is 28.7 Å². The summed E-state index contributed by atoms with van der Waals surface area (Å²) in [7, 11) is 0. The second kappa shape index (κ2) is 2.52. The number of anilines is 1. The van der Waals surface area contributed by atoms with Crippen LogP contribution in [0.1, 0.15) is 5.76 Å².